The Morgan fingerprint density at radius 1 is 1.33 bits per heavy atom. The Morgan fingerprint density at radius 3 is 2.62 bits per heavy atom. The molecule has 0 fully saturated rings. The SMILES string of the molecule is COc1ccc(CC(=O)NCC(C)(O)c2ccco2)cc1. The zero-order valence-electron chi connectivity index (χ0n) is 12.1. The van der Waals surface area contributed by atoms with Crippen molar-refractivity contribution in [3.8, 4) is 5.75 Å². The number of methoxy groups -OCH3 is 1. The summed E-state index contributed by atoms with van der Waals surface area (Å²) in [6.45, 7) is 1.69. The maximum atomic E-state index is 11.9. The first-order valence-electron chi connectivity index (χ1n) is 6.67. The molecule has 0 bridgehead atoms. The molecule has 0 aliphatic rings. The Kier molecular flexibility index (Phi) is 4.65. The van der Waals surface area contributed by atoms with Crippen LogP contribution in [0.25, 0.3) is 0 Å². The molecule has 5 nitrogen and oxygen atoms in total. The first-order valence-corrected chi connectivity index (χ1v) is 6.67. The van der Waals surface area contributed by atoms with Crippen molar-refractivity contribution < 1.29 is 19.1 Å². The van der Waals surface area contributed by atoms with E-state index in [9.17, 15) is 9.90 Å². The number of benzene rings is 1. The number of ether oxygens (including phenoxy) is 1. The van der Waals surface area contributed by atoms with Crippen LogP contribution in [0.15, 0.2) is 47.1 Å². The standard InChI is InChI=1S/C16H19NO4/c1-16(19,14-4-3-9-21-14)11-17-15(18)10-12-5-7-13(20-2)8-6-12/h3-9,19H,10-11H2,1-2H3,(H,17,18). The van der Waals surface area contributed by atoms with E-state index < -0.39 is 5.60 Å². The first kappa shape index (κ1) is 15.1. The lowest BCUT2D eigenvalue weighted by atomic mass is 10.0. The van der Waals surface area contributed by atoms with Gasteiger partial charge in [-0.05, 0) is 36.8 Å². The Bertz CT molecular complexity index is 573. The van der Waals surface area contributed by atoms with Crippen LogP contribution in [0.5, 0.6) is 5.75 Å². The lowest BCUT2D eigenvalue weighted by Crippen LogP contribution is -2.39. The van der Waals surface area contributed by atoms with Crippen molar-refractivity contribution in [2.75, 3.05) is 13.7 Å². The quantitative estimate of drug-likeness (QED) is 0.851. The fourth-order valence-electron chi connectivity index (χ4n) is 1.93. The van der Waals surface area contributed by atoms with Crippen LogP contribution < -0.4 is 10.1 Å². The molecule has 1 heterocycles. The van der Waals surface area contributed by atoms with E-state index in [4.69, 9.17) is 9.15 Å². The van der Waals surface area contributed by atoms with Gasteiger partial charge in [0.25, 0.3) is 0 Å². The number of hydrogen-bond donors (Lipinski definition) is 2. The number of rotatable bonds is 6. The summed E-state index contributed by atoms with van der Waals surface area (Å²) in [5, 5.41) is 12.9. The third-order valence-corrected chi connectivity index (χ3v) is 3.21. The van der Waals surface area contributed by atoms with Crippen molar-refractivity contribution in [3.63, 3.8) is 0 Å². The molecule has 21 heavy (non-hydrogen) atoms. The van der Waals surface area contributed by atoms with Gasteiger partial charge in [0, 0.05) is 0 Å². The van der Waals surface area contributed by atoms with E-state index in [0.717, 1.165) is 11.3 Å². The molecule has 1 amide bonds. The molecule has 2 N–H and O–H groups in total. The van der Waals surface area contributed by atoms with Crippen LogP contribution >= 0.6 is 0 Å². The van der Waals surface area contributed by atoms with Crippen molar-refractivity contribution in [2.45, 2.75) is 18.9 Å². The van der Waals surface area contributed by atoms with Gasteiger partial charge in [0.1, 0.15) is 17.1 Å². The fraction of sp³-hybridized carbons (Fsp3) is 0.312. The summed E-state index contributed by atoms with van der Waals surface area (Å²) in [4.78, 5) is 11.9. The fourth-order valence-corrected chi connectivity index (χ4v) is 1.93. The topological polar surface area (TPSA) is 71.7 Å². The predicted molar refractivity (Wildman–Crippen MR) is 78.0 cm³/mol. The van der Waals surface area contributed by atoms with Crippen molar-refractivity contribution in [3.05, 3.63) is 54.0 Å². The second kappa shape index (κ2) is 6.45. The Morgan fingerprint density at radius 2 is 2.05 bits per heavy atom. The summed E-state index contributed by atoms with van der Waals surface area (Å²) in [6, 6.07) is 10.7. The van der Waals surface area contributed by atoms with Crippen LogP contribution in [0.3, 0.4) is 0 Å². The Labute approximate surface area is 123 Å². The van der Waals surface area contributed by atoms with Crippen LogP contribution in [0.1, 0.15) is 18.2 Å². The Balaban J connectivity index is 1.87. The number of amides is 1. The highest BCUT2D eigenvalue weighted by molar-refractivity contribution is 5.78. The van der Waals surface area contributed by atoms with E-state index in [1.807, 2.05) is 24.3 Å². The van der Waals surface area contributed by atoms with E-state index in [1.165, 1.54) is 6.26 Å². The lowest BCUT2D eigenvalue weighted by molar-refractivity contribution is -0.121. The minimum Gasteiger partial charge on any atom is -0.497 e. The first-order chi connectivity index (χ1) is 10.0. The smallest absolute Gasteiger partial charge is 0.224 e. The molecular weight excluding hydrogens is 270 g/mol. The van der Waals surface area contributed by atoms with Crippen LogP contribution in [0.4, 0.5) is 0 Å². The molecule has 0 aliphatic heterocycles. The molecular formula is C16H19NO4. The molecule has 0 radical (unpaired) electrons. The number of carbonyl (C=O) groups excluding carboxylic acids is 1. The van der Waals surface area contributed by atoms with Gasteiger partial charge in [0.05, 0.1) is 26.3 Å². The van der Waals surface area contributed by atoms with Crippen molar-refractivity contribution in [2.24, 2.45) is 0 Å². The minimum atomic E-state index is -1.22. The van der Waals surface area contributed by atoms with Gasteiger partial charge in [-0.2, -0.15) is 0 Å². The van der Waals surface area contributed by atoms with Crippen molar-refractivity contribution in [1.29, 1.82) is 0 Å². The average Bonchev–Trinajstić information content (AvgIpc) is 3.01. The number of furan rings is 1. The van der Waals surface area contributed by atoms with Gasteiger partial charge in [0.2, 0.25) is 5.91 Å². The number of nitrogens with one attached hydrogen (secondary N) is 1. The lowest BCUT2D eigenvalue weighted by Gasteiger charge is -2.21. The minimum absolute atomic E-state index is 0.0928. The van der Waals surface area contributed by atoms with Gasteiger partial charge in [-0.15, -0.1) is 0 Å². The number of hydrogen-bond acceptors (Lipinski definition) is 4. The summed E-state index contributed by atoms with van der Waals surface area (Å²) in [5.41, 5.74) is -0.343. The van der Waals surface area contributed by atoms with Gasteiger partial charge >= 0.3 is 0 Å². The number of carbonyl (C=O) groups is 1. The summed E-state index contributed by atoms with van der Waals surface area (Å²) >= 11 is 0. The van der Waals surface area contributed by atoms with Gasteiger partial charge in [-0.25, -0.2) is 0 Å². The van der Waals surface area contributed by atoms with E-state index in [-0.39, 0.29) is 18.9 Å². The summed E-state index contributed by atoms with van der Waals surface area (Å²) in [5.74, 6) is 1.01. The molecule has 0 spiro atoms. The van der Waals surface area contributed by atoms with Crippen molar-refractivity contribution in [1.82, 2.24) is 5.32 Å². The molecule has 0 saturated heterocycles. The molecule has 0 saturated carbocycles. The average molecular weight is 289 g/mol. The van der Waals surface area contributed by atoms with Gasteiger partial charge < -0.3 is 19.6 Å². The highest BCUT2D eigenvalue weighted by atomic mass is 16.5. The summed E-state index contributed by atoms with van der Waals surface area (Å²) in [7, 11) is 1.60. The molecule has 5 heteroatoms. The van der Waals surface area contributed by atoms with Crippen LogP contribution in [-0.4, -0.2) is 24.7 Å². The van der Waals surface area contributed by atoms with E-state index in [2.05, 4.69) is 5.32 Å². The monoisotopic (exact) mass is 289 g/mol. The van der Waals surface area contributed by atoms with E-state index >= 15 is 0 Å². The molecule has 0 aliphatic carbocycles. The normalized spacial score (nSPS) is 13.5. The van der Waals surface area contributed by atoms with Gasteiger partial charge in [-0.3, -0.25) is 4.79 Å². The van der Waals surface area contributed by atoms with E-state index in [0.29, 0.717) is 5.76 Å². The molecule has 1 atom stereocenters. The van der Waals surface area contributed by atoms with E-state index in [1.54, 1.807) is 26.2 Å². The predicted octanol–water partition coefficient (Wildman–Crippen LogP) is 1.85. The van der Waals surface area contributed by atoms with Gasteiger partial charge in [-0.1, -0.05) is 12.1 Å². The zero-order valence-corrected chi connectivity index (χ0v) is 12.1. The van der Waals surface area contributed by atoms with Gasteiger partial charge in [0.15, 0.2) is 0 Å². The van der Waals surface area contributed by atoms with Crippen molar-refractivity contribution >= 4 is 5.91 Å². The molecule has 1 unspecified atom stereocenters. The Hall–Kier alpha value is -2.27. The molecule has 2 aromatic rings. The molecule has 2 rings (SSSR count). The molecule has 1 aromatic carbocycles. The molecule has 1 aromatic heterocycles. The number of aliphatic hydroxyl groups is 1. The van der Waals surface area contributed by atoms with Crippen LogP contribution in [0.2, 0.25) is 0 Å². The third kappa shape index (κ3) is 4.10. The summed E-state index contributed by atoms with van der Waals surface area (Å²) in [6.07, 6.45) is 1.74. The zero-order chi connectivity index (χ0) is 15.3. The van der Waals surface area contributed by atoms with Crippen LogP contribution in [0, 0.1) is 0 Å². The highest BCUT2D eigenvalue weighted by Crippen LogP contribution is 2.19. The largest absolute Gasteiger partial charge is 0.497 e. The highest BCUT2D eigenvalue weighted by Gasteiger charge is 2.26. The van der Waals surface area contributed by atoms with Crippen LogP contribution in [-0.2, 0) is 16.8 Å². The molecule has 112 valence electrons. The maximum absolute atomic E-state index is 11.9. The maximum Gasteiger partial charge on any atom is 0.224 e. The summed E-state index contributed by atoms with van der Waals surface area (Å²) < 4.78 is 10.2. The third-order valence-electron chi connectivity index (χ3n) is 3.21. The second-order valence-corrected chi connectivity index (χ2v) is 5.05. The second-order valence-electron chi connectivity index (χ2n) is 5.05.